The van der Waals surface area contributed by atoms with Crippen LogP contribution in [0.2, 0.25) is 0 Å². The minimum Gasteiger partial charge on any atom is -0.427 e. The summed E-state index contributed by atoms with van der Waals surface area (Å²) in [7, 11) is 0. The number of rotatable bonds is 6. The van der Waals surface area contributed by atoms with Crippen molar-refractivity contribution in [2.75, 3.05) is 5.32 Å². The van der Waals surface area contributed by atoms with Crippen molar-refractivity contribution in [3.8, 4) is 16.9 Å². The van der Waals surface area contributed by atoms with Crippen LogP contribution in [-0.2, 0) is 4.79 Å². The molecule has 0 spiro atoms. The number of nitrogens with one attached hydrogen (secondary N) is 1. The Bertz CT molecular complexity index is 1530. The van der Waals surface area contributed by atoms with Crippen molar-refractivity contribution in [3.05, 3.63) is 96.1 Å². The zero-order valence-corrected chi connectivity index (χ0v) is 20.2. The van der Waals surface area contributed by atoms with Crippen LogP contribution in [-0.4, -0.2) is 21.8 Å². The van der Waals surface area contributed by atoms with Crippen molar-refractivity contribution in [2.45, 2.75) is 16.8 Å². The molecule has 2 heterocycles. The van der Waals surface area contributed by atoms with Gasteiger partial charge >= 0.3 is 5.97 Å². The van der Waals surface area contributed by atoms with Gasteiger partial charge in [0.1, 0.15) is 21.9 Å². The Morgan fingerprint density at radius 1 is 0.943 bits per heavy atom. The minimum absolute atomic E-state index is 0.305. The number of hydrogen-bond acceptors (Lipinski definition) is 7. The van der Waals surface area contributed by atoms with E-state index in [0.29, 0.717) is 17.0 Å². The monoisotopic (exact) mass is 497 g/mol. The van der Waals surface area contributed by atoms with Crippen molar-refractivity contribution in [2.24, 2.45) is 0 Å². The molecule has 6 nitrogen and oxygen atoms in total. The lowest BCUT2D eigenvalue weighted by Gasteiger charge is -2.12. The highest BCUT2D eigenvalue weighted by molar-refractivity contribution is 7.99. The topological polar surface area (TPSA) is 81.2 Å². The highest BCUT2D eigenvalue weighted by atomic mass is 32.2. The Morgan fingerprint density at radius 2 is 1.74 bits per heavy atom. The molecule has 8 heteroatoms. The summed E-state index contributed by atoms with van der Waals surface area (Å²) in [5, 5.41) is 6.88. The molecule has 1 amide bonds. The van der Waals surface area contributed by atoms with E-state index < -0.39 is 5.97 Å². The number of para-hydroxylation sites is 1. The third kappa shape index (κ3) is 5.08. The molecule has 2 aromatic heterocycles. The standard InChI is InChI=1S/C27H19N3O3S2/c1-17(31)33-20-11-7-10-19(14-20)25(32)30-22-12-5-6-13-23(22)35-27-24-21(18-8-3-2-4-9-18)15-34-26(24)28-16-29-27/h2-16H,1H3,(H,30,32). The maximum absolute atomic E-state index is 13.0. The number of hydrogen-bond donors (Lipinski definition) is 1. The lowest BCUT2D eigenvalue weighted by Crippen LogP contribution is -2.13. The van der Waals surface area contributed by atoms with Crippen molar-refractivity contribution in [3.63, 3.8) is 0 Å². The first-order chi connectivity index (χ1) is 17.1. The van der Waals surface area contributed by atoms with E-state index >= 15 is 0 Å². The molecule has 172 valence electrons. The SMILES string of the molecule is CC(=O)Oc1cccc(C(=O)Nc2ccccc2Sc2ncnc3scc(-c4ccccc4)c23)c1. The maximum atomic E-state index is 13.0. The van der Waals surface area contributed by atoms with Gasteiger partial charge in [-0.15, -0.1) is 11.3 Å². The molecule has 3 aromatic carbocycles. The summed E-state index contributed by atoms with van der Waals surface area (Å²) < 4.78 is 5.10. The Morgan fingerprint density at radius 3 is 2.57 bits per heavy atom. The Labute approximate surface area is 210 Å². The zero-order valence-electron chi connectivity index (χ0n) is 18.6. The molecule has 0 aliphatic carbocycles. The number of nitrogens with zero attached hydrogens (tertiary/aromatic N) is 2. The van der Waals surface area contributed by atoms with E-state index in [1.807, 2.05) is 42.5 Å². The van der Waals surface area contributed by atoms with Gasteiger partial charge in [0.25, 0.3) is 5.91 Å². The number of carbonyl (C=O) groups excluding carboxylic acids is 2. The first kappa shape index (κ1) is 22.8. The van der Waals surface area contributed by atoms with Crippen LogP contribution in [0.4, 0.5) is 5.69 Å². The highest BCUT2D eigenvalue weighted by Gasteiger charge is 2.16. The second kappa shape index (κ2) is 10.1. The quantitative estimate of drug-likeness (QED) is 0.160. The number of aromatic nitrogens is 2. The fourth-order valence-corrected chi connectivity index (χ4v) is 5.55. The van der Waals surface area contributed by atoms with Crippen LogP contribution >= 0.6 is 23.1 Å². The molecule has 0 atom stereocenters. The van der Waals surface area contributed by atoms with E-state index in [4.69, 9.17) is 4.74 Å². The largest absolute Gasteiger partial charge is 0.427 e. The maximum Gasteiger partial charge on any atom is 0.308 e. The van der Waals surface area contributed by atoms with E-state index in [2.05, 4.69) is 32.8 Å². The summed E-state index contributed by atoms with van der Waals surface area (Å²) in [5.74, 6) is -0.425. The van der Waals surface area contributed by atoms with Gasteiger partial charge in [0.05, 0.1) is 11.1 Å². The van der Waals surface area contributed by atoms with Gasteiger partial charge in [0, 0.05) is 28.3 Å². The van der Waals surface area contributed by atoms with E-state index in [9.17, 15) is 9.59 Å². The van der Waals surface area contributed by atoms with E-state index in [1.54, 1.807) is 35.9 Å². The molecule has 0 bridgehead atoms. The number of amides is 1. The van der Waals surface area contributed by atoms with Crippen LogP contribution in [0.25, 0.3) is 21.3 Å². The molecule has 0 saturated carbocycles. The van der Waals surface area contributed by atoms with Gasteiger partial charge in [-0.1, -0.05) is 60.3 Å². The van der Waals surface area contributed by atoms with Gasteiger partial charge in [-0.05, 0) is 35.9 Å². The second-order valence-electron chi connectivity index (χ2n) is 7.55. The first-order valence-electron chi connectivity index (χ1n) is 10.7. The number of fused-ring (bicyclic) bond motifs is 1. The normalized spacial score (nSPS) is 10.8. The molecular formula is C27H19N3O3S2. The molecule has 5 rings (SSSR count). The lowest BCUT2D eigenvalue weighted by atomic mass is 10.1. The number of ether oxygens (including phenoxy) is 1. The summed E-state index contributed by atoms with van der Waals surface area (Å²) in [6.45, 7) is 1.32. The number of carbonyl (C=O) groups is 2. The summed E-state index contributed by atoms with van der Waals surface area (Å²) in [4.78, 5) is 35.0. The summed E-state index contributed by atoms with van der Waals surface area (Å²) in [6, 6.07) is 24.2. The lowest BCUT2D eigenvalue weighted by molar-refractivity contribution is -0.131. The Hall–Kier alpha value is -4.01. The molecule has 35 heavy (non-hydrogen) atoms. The number of thiophene rings is 1. The van der Waals surface area contributed by atoms with E-state index in [1.165, 1.54) is 24.8 Å². The fourth-order valence-electron chi connectivity index (χ4n) is 3.58. The van der Waals surface area contributed by atoms with Crippen LogP contribution in [0.5, 0.6) is 5.75 Å². The molecule has 0 fully saturated rings. The van der Waals surface area contributed by atoms with Crippen molar-refractivity contribution in [1.29, 1.82) is 0 Å². The van der Waals surface area contributed by atoms with Crippen LogP contribution < -0.4 is 10.1 Å². The molecule has 5 aromatic rings. The van der Waals surface area contributed by atoms with Crippen LogP contribution in [0.3, 0.4) is 0 Å². The van der Waals surface area contributed by atoms with Crippen molar-refractivity contribution >= 4 is 50.9 Å². The molecule has 0 aliphatic rings. The molecule has 0 radical (unpaired) electrons. The van der Waals surface area contributed by atoms with Gasteiger partial charge in [-0.25, -0.2) is 9.97 Å². The fraction of sp³-hybridized carbons (Fsp3) is 0.0370. The number of benzene rings is 3. The predicted octanol–water partition coefficient (Wildman–Crippen LogP) is 6.69. The van der Waals surface area contributed by atoms with Crippen molar-refractivity contribution < 1.29 is 14.3 Å². The van der Waals surface area contributed by atoms with Crippen LogP contribution in [0.15, 0.2) is 100 Å². The molecule has 1 N–H and O–H groups in total. The van der Waals surface area contributed by atoms with Crippen LogP contribution in [0, 0.1) is 0 Å². The summed E-state index contributed by atoms with van der Waals surface area (Å²) >= 11 is 3.06. The minimum atomic E-state index is -0.441. The predicted molar refractivity (Wildman–Crippen MR) is 139 cm³/mol. The molecule has 0 saturated heterocycles. The third-order valence-corrected chi connectivity index (χ3v) is 7.09. The average molecular weight is 498 g/mol. The molecular weight excluding hydrogens is 478 g/mol. The Balaban J connectivity index is 1.46. The number of esters is 1. The van der Waals surface area contributed by atoms with Gasteiger partial charge in [-0.2, -0.15) is 0 Å². The van der Waals surface area contributed by atoms with Crippen LogP contribution in [0.1, 0.15) is 17.3 Å². The van der Waals surface area contributed by atoms with E-state index in [-0.39, 0.29) is 5.91 Å². The second-order valence-corrected chi connectivity index (χ2v) is 9.44. The van der Waals surface area contributed by atoms with Gasteiger partial charge in [-0.3, -0.25) is 9.59 Å². The van der Waals surface area contributed by atoms with Gasteiger partial charge < -0.3 is 10.1 Å². The molecule has 0 aliphatic heterocycles. The van der Waals surface area contributed by atoms with Crippen molar-refractivity contribution in [1.82, 2.24) is 9.97 Å². The average Bonchev–Trinajstić information content (AvgIpc) is 3.31. The van der Waals surface area contributed by atoms with Gasteiger partial charge in [0.2, 0.25) is 0 Å². The molecule has 0 unspecified atom stereocenters. The summed E-state index contributed by atoms with van der Waals surface area (Å²) in [6.07, 6.45) is 1.57. The van der Waals surface area contributed by atoms with E-state index in [0.717, 1.165) is 31.3 Å². The Kier molecular flexibility index (Phi) is 6.56. The first-order valence-corrected chi connectivity index (χ1v) is 12.4. The zero-order chi connectivity index (χ0) is 24.2. The van der Waals surface area contributed by atoms with Gasteiger partial charge in [0.15, 0.2) is 0 Å². The smallest absolute Gasteiger partial charge is 0.308 e. The highest BCUT2D eigenvalue weighted by Crippen LogP contribution is 2.41. The third-order valence-electron chi connectivity index (χ3n) is 5.12. The number of anilines is 1. The summed E-state index contributed by atoms with van der Waals surface area (Å²) in [5.41, 5.74) is 3.22.